The lowest BCUT2D eigenvalue weighted by molar-refractivity contribution is -0.145. The summed E-state index contributed by atoms with van der Waals surface area (Å²) in [5, 5.41) is 12.6. The molecular weight excluding hydrogens is 270 g/mol. The van der Waals surface area contributed by atoms with Crippen molar-refractivity contribution in [1.29, 1.82) is 0 Å². The minimum atomic E-state index is -0.940. The third kappa shape index (κ3) is 2.86. The number of carbonyl (C=O) groups is 2. The third-order valence-corrected chi connectivity index (χ3v) is 4.18. The average molecular weight is 291 g/mol. The fourth-order valence-electron chi connectivity index (χ4n) is 3.16. The molecule has 1 amide bonds. The molecule has 21 heavy (non-hydrogen) atoms. The van der Waals surface area contributed by atoms with Crippen LogP contribution in [0.5, 0.6) is 5.75 Å². The van der Waals surface area contributed by atoms with Crippen LogP contribution in [0.15, 0.2) is 18.2 Å². The number of hydrogen-bond acceptors (Lipinski definition) is 3. The van der Waals surface area contributed by atoms with Gasteiger partial charge in [-0.05, 0) is 24.5 Å². The summed E-state index contributed by atoms with van der Waals surface area (Å²) in [5.41, 5.74) is 0.186. The van der Waals surface area contributed by atoms with Crippen molar-refractivity contribution in [1.82, 2.24) is 0 Å². The number of hydrogen-bond donors (Lipinski definition) is 2. The molecule has 2 N–H and O–H groups in total. The van der Waals surface area contributed by atoms with Crippen LogP contribution in [0.4, 0.5) is 5.69 Å². The summed E-state index contributed by atoms with van der Waals surface area (Å²) in [4.78, 5) is 23.4. The molecule has 1 aromatic rings. The van der Waals surface area contributed by atoms with Crippen molar-refractivity contribution in [2.75, 3.05) is 12.4 Å². The monoisotopic (exact) mass is 291 g/mol. The molecule has 1 aliphatic rings. The average Bonchev–Trinajstić information content (AvgIpc) is 2.47. The molecule has 1 aliphatic carbocycles. The van der Waals surface area contributed by atoms with Gasteiger partial charge in [-0.3, -0.25) is 9.59 Å². The second-order valence-corrected chi connectivity index (χ2v) is 5.51. The first-order valence-corrected chi connectivity index (χ1v) is 7.20. The van der Waals surface area contributed by atoms with Gasteiger partial charge in [0.15, 0.2) is 0 Å². The van der Waals surface area contributed by atoms with Crippen LogP contribution < -0.4 is 10.1 Å². The molecule has 0 aliphatic heterocycles. The molecule has 0 heterocycles. The Balaban J connectivity index is 2.59. The quantitative estimate of drug-likeness (QED) is 0.894. The predicted molar refractivity (Wildman–Crippen MR) is 79.7 cm³/mol. The Kier molecular flexibility index (Phi) is 4.50. The number of ether oxygens (including phenoxy) is 1. The fraction of sp³-hybridized carbons (Fsp3) is 0.500. The van der Waals surface area contributed by atoms with Gasteiger partial charge in [0.2, 0.25) is 5.91 Å². The van der Waals surface area contributed by atoms with Crippen molar-refractivity contribution in [2.24, 2.45) is 0 Å². The molecule has 0 unspecified atom stereocenters. The Morgan fingerprint density at radius 1 is 1.24 bits per heavy atom. The van der Waals surface area contributed by atoms with E-state index in [1.54, 1.807) is 18.2 Å². The number of anilines is 1. The minimum Gasteiger partial charge on any atom is -0.495 e. The van der Waals surface area contributed by atoms with E-state index in [1.165, 1.54) is 14.0 Å². The summed E-state index contributed by atoms with van der Waals surface area (Å²) in [6, 6.07) is 5.29. The Bertz CT molecular complexity index is 547. The van der Waals surface area contributed by atoms with E-state index < -0.39 is 11.4 Å². The van der Waals surface area contributed by atoms with Gasteiger partial charge >= 0.3 is 5.97 Å². The van der Waals surface area contributed by atoms with E-state index in [9.17, 15) is 14.7 Å². The number of benzene rings is 1. The number of carboxylic acids is 1. The highest BCUT2D eigenvalue weighted by atomic mass is 16.5. The van der Waals surface area contributed by atoms with Gasteiger partial charge in [0.1, 0.15) is 5.75 Å². The number of nitrogens with one attached hydrogen (secondary N) is 1. The number of carboxylic acid groups (broad SMARTS) is 1. The van der Waals surface area contributed by atoms with Crippen LogP contribution in [0.2, 0.25) is 0 Å². The van der Waals surface area contributed by atoms with Gasteiger partial charge in [-0.15, -0.1) is 0 Å². The van der Waals surface area contributed by atoms with E-state index >= 15 is 0 Å². The molecule has 0 bridgehead atoms. The summed E-state index contributed by atoms with van der Waals surface area (Å²) in [6.45, 7) is 1.41. The number of rotatable bonds is 4. The smallest absolute Gasteiger partial charge is 0.314 e. The number of methoxy groups -OCH3 is 1. The second kappa shape index (κ2) is 6.16. The summed E-state index contributed by atoms with van der Waals surface area (Å²) in [7, 11) is 1.51. The van der Waals surface area contributed by atoms with Crippen LogP contribution in [0.3, 0.4) is 0 Å². The molecule has 1 saturated carbocycles. The normalized spacial score (nSPS) is 17.0. The predicted octanol–water partition coefficient (Wildman–Crippen LogP) is 2.94. The van der Waals surface area contributed by atoms with E-state index in [0.29, 0.717) is 29.8 Å². The van der Waals surface area contributed by atoms with Crippen LogP contribution in [0, 0.1) is 0 Å². The Hall–Kier alpha value is -2.04. The van der Waals surface area contributed by atoms with Gasteiger partial charge < -0.3 is 15.2 Å². The highest BCUT2D eigenvalue weighted by Gasteiger charge is 2.43. The molecule has 1 aromatic carbocycles. The zero-order valence-electron chi connectivity index (χ0n) is 12.4. The highest BCUT2D eigenvalue weighted by Crippen LogP contribution is 2.45. The Labute approximate surface area is 124 Å². The van der Waals surface area contributed by atoms with Crippen molar-refractivity contribution >= 4 is 17.6 Å². The Morgan fingerprint density at radius 3 is 2.43 bits per heavy atom. The lowest BCUT2D eigenvalue weighted by atomic mass is 9.69. The van der Waals surface area contributed by atoms with Gasteiger partial charge in [-0.1, -0.05) is 31.4 Å². The molecule has 0 atom stereocenters. The molecule has 0 spiro atoms. The first-order chi connectivity index (χ1) is 10.0. The van der Waals surface area contributed by atoms with Crippen molar-refractivity contribution in [3.8, 4) is 5.75 Å². The lowest BCUT2D eigenvalue weighted by Gasteiger charge is -2.35. The van der Waals surface area contributed by atoms with E-state index in [4.69, 9.17) is 4.74 Å². The van der Waals surface area contributed by atoms with Crippen LogP contribution in [0.1, 0.15) is 44.6 Å². The number of aliphatic carboxylic acids is 1. The summed E-state index contributed by atoms with van der Waals surface area (Å²) in [5.74, 6) is -0.576. The molecule has 0 radical (unpaired) electrons. The fourth-order valence-corrected chi connectivity index (χ4v) is 3.16. The van der Waals surface area contributed by atoms with Gasteiger partial charge in [0.25, 0.3) is 0 Å². The molecule has 0 aromatic heterocycles. The van der Waals surface area contributed by atoms with E-state index in [-0.39, 0.29) is 5.91 Å². The molecule has 114 valence electrons. The molecule has 1 fully saturated rings. The van der Waals surface area contributed by atoms with Crippen LogP contribution in [-0.2, 0) is 15.0 Å². The highest BCUT2D eigenvalue weighted by molar-refractivity contribution is 5.94. The van der Waals surface area contributed by atoms with Gasteiger partial charge in [-0.2, -0.15) is 0 Å². The summed E-state index contributed by atoms with van der Waals surface area (Å²) < 4.78 is 5.29. The molecule has 5 nitrogen and oxygen atoms in total. The summed E-state index contributed by atoms with van der Waals surface area (Å²) >= 11 is 0. The SMILES string of the molecule is COc1cccc(C2(C(=O)O)CCCCC2)c1NC(C)=O. The van der Waals surface area contributed by atoms with Crippen LogP contribution in [0.25, 0.3) is 0 Å². The molecular formula is C16H21NO4. The first-order valence-electron chi connectivity index (χ1n) is 7.20. The molecule has 0 saturated heterocycles. The number of amides is 1. The largest absolute Gasteiger partial charge is 0.495 e. The third-order valence-electron chi connectivity index (χ3n) is 4.18. The number of carbonyl (C=O) groups excluding carboxylic acids is 1. The second-order valence-electron chi connectivity index (χ2n) is 5.51. The number of para-hydroxylation sites is 1. The van der Waals surface area contributed by atoms with E-state index in [0.717, 1.165) is 19.3 Å². The van der Waals surface area contributed by atoms with Gasteiger partial charge in [0, 0.05) is 6.92 Å². The maximum atomic E-state index is 12.0. The van der Waals surface area contributed by atoms with Crippen molar-refractivity contribution in [2.45, 2.75) is 44.4 Å². The maximum absolute atomic E-state index is 12.0. The van der Waals surface area contributed by atoms with Crippen LogP contribution in [-0.4, -0.2) is 24.1 Å². The Morgan fingerprint density at radius 2 is 1.90 bits per heavy atom. The van der Waals surface area contributed by atoms with Crippen LogP contribution >= 0.6 is 0 Å². The zero-order valence-corrected chi connectivity index (χ0v) is 12.4. The zero-order chi connectivity index (χ0) is 15.5. The maximum Gasteiger partial charge on any atom is 0.314 e. The van der Waals surface area contributed by atoms with Crippen molar-refractivity contribution in [3.05, 3.63) is 23.8 Å². The van der Waals surface area contributed by atoms with Crippen molar-refractivity contribution < 1.29 is 19.4 Å². The van der Waals surface area contributed by atoms with Gasteiger partial charge in [-0.25, -0.2) is 0 Å². The van der Waals surface area contributed by atoms with Gasteiger partial charge in [0.05, 0.1) is 18.2 Å². The summed E-state index contributed by atoms with van der Waals surface area (Å²) in [6.07, 6.45) is 3.98. The topological polar surface area (TPSA) is 75.6 Å². The van der Waals surface area contributed by atoms with E-state index in [2.05, 4.69) is 5.32 Å². The lowest BCUT2D eigenvalue weighted by Crippen LogP contribution is -2.38. The van der Waals surface area contributed by atoms with Crippen molar-refractivity contribution in [3.63, 3.8) is 0 Å². The molecule has 5 heteroatoms. The van der Waals surface area contributed by atoms with E-state index in [1.807, 2.05) is 0 Å². The standard InChI is InChI=1S/C16H21NO4/c1-11(18)17-14-12(7-6-8-13(14)21-2)16(15(19)20)9-4-3-5-10-16/h6-8H,3-5,9-10H2,1-2H3,(H,17,18)(H,19,20). The first kappa shape index (κ1) is 15.4. The minimum absolute atomic E-state index is 0.239. The molecule has 2 rings (SSSR count).